The van der Waals surface area contributed by atoms with Crippen LogP contribution < -0.4 is 10.6 Å². The highest BCUT2D eigenvalue weighted by atomic mass is 16.5. The van der Waals surface area contributed by atoms with Gasteiger partial charge in [-0.25, -0.2) is 0 Å². The van der Waals surface area contributed by atoms with E-state index in [-0.39, 0.29) is 5.91 Å². The van der Waals surface area contributed by atoms with Gasteiger partial charge >= 0.3 is 0 Å². The zero-order chi connectivity index (χ0) is 14.2. The Morgan fingerprint density at radius 1 is 1.20 bits per heavy atom. The Balaban J connectivity index is 1.65. The van der Waals surface area contributed by atoms with Crippen molar-refractivity contribution in [3.63, 3.8) is 0 Å². The quantitative estimate of drug-likeness (QED) is 0.807. The first-order valence-corrected chi connectivity index (χ1v) is 7.42. The summed E-state index contributed by atoms with van der Waals surface area (Å²) in [7, 11) is 0. The average molecular weight is 276 g/mol. The second kappa shape index (κ2) is 8.02. The van der Waals surface area contributed by atoms with Gasteiger partial charge < -0.3 is 15.4 Å². The van der Waals surface area contributed by atoms with Crippen molar-refractivity contribution in [3.8, 4) is 0 Å². The standard InChI is InChI=1S/C16H24N2O2/c1-13-4-6-14(7-5-13)16(19)18-10-9-17-15-3-2-11-20-12-8-15/h4-7,15,17H,2-3,8-12H2,1H3,(H,18,19). The fraction of sp³-hybridized carbons (Fsp3) is 0.562. The third-order valence-electron chi connectivity index (χ3n) is 3.61. The number of amides is 1. The van der Waals surface area contributed by atoms with Crippen molar-refractivity contribution >= 4 is 5.91 Å². The number of carbonyl (C=O) groups excluding carboxylic acids is 1. The lowest BCUT2D eigenvalue weighted by molar-refractivity contribution is 0.0953. The second-order valence-corrected chi connectivity index (χ2v) is 5.32. The molecular formula is C16H24N2O2. The van der Waals surface area contributed by atoms with Gasteiger partial charge in [-0.1, -0.05) is 17.7 Å². The molecule has 1 fully saturated rings. The van der Waals surface area contributed by atoms with E-state index in [1.54, 1.807) is 0 Å². The van der Waals surface area contributed by atoms with Crippen molar-refractivity contribution in [3.05, 3.63) is 35.4 Å². The predicted octanol–water partition coefficient (Wildman–Crippen LogP) is 1.88. The van der Waals surface area contributed by atoms with E-state index in [1.807, 2.05) is 31.2 Å². The molecule has 2 N–H and O–H groups in total. The van der Waals surface area contributed by atoms with Gasteiger partial charge in [-0.3, -0.25) is 4.79 Å². The summed E-state index contributed by atoms with van der Waals surface area (Å²) in [4.78, 5) is 11.9. The van der Waals surface area contributed by atoms with E-state index in [0.717, 1.165) is 44.6 Å². The number of hydrogen-bond acceptors (Lipinski definition) is 3. The lowest BCUT2D eigenvalue weighted by atomic mass is 10.1. The first-order valence-electron chi connectivity index (χ1n) is 7.42. The van der Waals surface area contributed by atoms with Crippen LogP contribution in [0.3, 0.4) is 0 Å². The molecule has 0 spiro atoms. The Morgan fingerprint density at radius 2 is 2.00 bits per heavy atom. The van der Waals surface area contributed by atoms with Gasteiger partial charge in [0.25, 0.3) is 5.91 Å². The normalized spacial score (nSPS) is 19.4. The number of benzene rings is 1. The summed E-state index contributed by atoms with van der Waals surface area (Å²) in [6, 6.07) is 8.16. The van der Waals surface area contributed by atoms with Gasteiger partial charge in [-0.2, -0.15) is 0 Å². The SMILES string of the molecule is Cc1ccc(C(=O)NCCNC2CCCOCC2)cc1. The Morgan fingerprint density at radius 3 is 2.80 bits per heavy atom. The van der Waals surface area contributed by atoms with E-state index in [1.165, 1.54) is 5.56 Å². The highest BCUT2D eigenvalue weighted by Crippen LogP contribution is 2.07. The van der Waals surface area contributed by atoms with Crippen molar-refractivity contribution in [1.29, 1.82) is 0 Å². The Hall–Kier alpha value is -1.39. The highest BCUT2D eigenvalue weighted by molar-refractivity contribution is 5.94. The largest absolute Gasteiger partial charge is 0.381 e. The maximum atomic E-state index is 11.9. The summed E-state index contributed by atoms with van der Waals surface area (Å²) in [5, 5.41) is 6.42. The maximum absolute atomic E-state index is 11.9. The fourth-order valence-corrected chi connectivity index (χ4v) is 2.37. The highest BCUT2D eigenvalue weighted by Gasteiger charge is 2.11. The van der Waals surface area contributed by atoms with Gasteiger partial charge in [0, 0.05) is 37.9 Å². The third-order valence-corrected chi connectivity index (χ3v) is 3.61. The molecule has 1 amide bonds. The molecular weight excluding hydrogens is 252 g/mol. The molecule has 110 valence electrons. The Bertz CT molecular complexity index is 409. The molecule has 4 heteroatoms. The molecule has 1 aliphatic heterocycles. The minimum absolute atomic E-state index is 0.00370. The van der Waals surface area contributed by atoms with Crippen LogP contribution in [0, 0.1) is 6.92 Å². The number of carbonyl (C=O) groups is 1. The molecule has 0 aliphatic carbocycles. The molecule has 1 heterocycles. The average Bonchev–Trinajstić information content (AvgIpc) is 2.73. The van der Waals surface area contributed by atoms with Gasteiger partial charge in [0.1, 0.15) is 0 Å². The molecule has 0 bridgehead atoms. The van der Waals surface area contributed by atoms with Gasteiger partial charge in [-0.15, -0.1) is 0 Å². The summed E-state index contributed by atoms with van der Waals surface area (Å²) < 4.78 is 5.43. The van der Waals surface area contributed by atoms with Crippen molar-refractivity contribution in [2.75, 3.05) is 26.3 Å². The minimum Gasteiger partial charge on any atom is -0.381 e. The van der Waals surface area contributed by atoms with Crippen LogP contribution in [0.4, 0.5) is 0 Å². The smallest absolute Gasteiger partial charge is 0.251 e. The van der Waals surface area contributed by atoms with Crippen molar-refractivity contribution in [2.24, 2.45) is 0 Å². The zero-order valence-electron chi connectivity index (χ0n) is 12.2. The number of nitrogens with one attached hydrogen (secondary N) is 2. The molecule has 2 rings (SSSR count). The van der Waals surface area contributed by atoms with Crippen LogP contribution in [-0.2, 0) is 4.74 Å². The van der Waals surface area contributed by atoms with Crippen LogP contribution in [0.1, 0.15) is 35.2 Å². The molecule has 0 aromatic heterocycles. The molecule has 0 radical (unpaired) electrons. The van der Waals surface area contributed by atoms with Crippen LogP contribution >= 0.6 is 0 Å². The summed E-state index contributed by atoms with van der Waals surface area (Å²) in [5.41, 5.74) is 1.89. The van der Waals surface area contributed by atoms with E-state index in [4.69, 9.17) is 4.74 Å². The van der Waals surface area contributed by atoms with Crippen LogP contribution in [0.25, 0.3) is 0 Å². The van der Waals surface area contributed by atoms with Crippen LogP contribution in [0.5, 0.6) is 0 Å². The Labute approximate surface area is 120 Å². The van der Waals surface area contributed by atoms with Crippen molar-refractivity contribution in [2.45, 2.75) is 32.2 Å². The molecule has 0 saturated carbocycles. The molecule has 1 saturated heterocycles. The second-order valence-electron chi connectivity index (χ2n) is 5.32. The van der Waals surface area contributed by atoms with Crippen molar-refractivity contribution in [1.82, 2.24) is 10.6 Å². The molecule has 1 aromatic carbocycles. The monoisotopic (exact) mass is 276 g/mol. The fourth-order valence-electron chi connectivity index (χ4n) is 2.37. The first kappa shape index (κ1) is 15.0. The predicted molar refractivity (Wildman–Crippen MR) is 80.0 cm³/mol. The number of ether oxygens (including phenoxy) is 1. The van der Waals surface area contributed by atoms with E-state index in [0.29, 0.717) is 12.6 Å². The van der Waals surface area contributed by atoms with Crippen molar-refractivity contribution < 1.29 is 9.53 Å². The number of aryl methyl sites for hydroxylation is 1. The minimum atomic E-state index is -0.00370. The summed E-state index contributed by atoms with van der Waals surface area (Å²) in [6.07, 6.45) is 3.34. The lowest BCUT2D eigenvalue weighted by Gasteiger charge is -2.15. The summed E-state index contributed by atoms with van der Waals surface area (Å²) in [5.74, 6) is -0.00370. The lowest BCUT2D eigenvalue weighted by Crippen LogP contribution is -2.37. The first-order chi connectivity index (χ1) is 9.75. The number of hydrogen-bond donors (Lipinski definition) is 2. The van der Waals surface area contributed by atoms with Gasteiger partial charge in [0.2, 0.25) is 0 Å². The van der Waals surface area contributed by atoms with E-state index in [2.05, 4.69) is 10.6 Å². The van der Waals surface area contributed by atoms with Gasteiger partial charge in [0.15, 0.2) is 0 Å². The maximum Gasteiger partial charge on any atom is 0.251 e. The van der Waals surface area contributed by atoms with Gasteiger partial charge in [-0.05, 0) is 38.3 Å². The van der Waals surface area contributed by atoms with Gasteiger partial charge in [0.05, 0.1) is 0 Å². The molecule has 4 nitrogen and oxygen atoms in total. The van der Waals surface area contributed by atoms with Crippen LogP contribution in [0.2, 0.25) is 0 Å². The number of rotatable bonds is 5. The summed E-state index contributed by atoms with van der Waals surface area (Å²) in [6.45, 7) is 5.20. The molecule has 20 heavy (non-hydrogen) atoms. The summed E-state index contributed by atoms with van der Waals surface area (Å²) >= 11 is 0. The molecule has 1 atom stereocenters. The van der Waals surface area contributed by atoms with Crippen LogP contribution in [-0.4, -0.2) is 38.3 Å². The topological polar surface area (TPSA) is 50.4 Å². The molecule has 1 aromatic rings. The van der Waals surface area contributed by atoms with E-state index >= 15 is 0 Å². The molecule has 1 unspecified atom stereocenters. The zero-order valence-corrected chi connectivity index (χ0v) is 12.2. The van der Waals surface area contributed by atoms with E-state index in [9.17, 15) is 4.79 Å². The van der Waals surface area contributed by atoms with E-state index < -0.39 is 0 Å². The molecule has 1 aliphatic rings. The third kappa shape index (κ3) is 4.94. The Kier molecular flexibility index (Phi) is 6.02. The van der Waals surface area contributed by atoms with Crippen LogP contribution in [0.15, 0.2) is 24.3 Å².